The molecule has 0 bridgehead atoms. The zero-order valence-electron chi connectivity index (χ0n) is 16.7. The summed E-state index contributed by atoms with van der Waals surface area (Å²) in [5, 5.41) is 10.9. The molecule has 27 heavy (non-hydrogen) atoms. The number of hydrogen-bond acceptors (Lipinski definition) is 3. The van der Waals surface area contributed by atoms with Crippen LogP contribution in [-0.4, -0.2) is 53.7 Å². The smallest absolute Gasteiger partial charge is 0.253 e. The van der Waals surface area contributed by atoms with E-state index in [-0.39, 0.29) is 5.91 Å². The van der Waals surface area contributed by atoms with Gasteiger partial charge in [0.25, 0.3) is 5.91 Å². The summed E-state index contributed by atoms with van der Waals surface area (Å²) in [5.41, 5.74) is 2.93. The molecule has 0 saturated carbocycles. The first kappa shape index (κ1) is 20.5. The van der Waals surface area contributed by atoms with Gasteiger partial charge in [-0.25, -0.2) is 4.99 Å². The van der Waals surface area contributed by atoms with E-state index in [4.69, 9.17) is 0 Å². The number of rotatable bonds is 8. The van der Waals surface area contributed by atoms with Crippen molar-refractivity contribution >= 4 is 11.9 Å². The van der Waals surface area contributed by atoms with E-state index in [9.17, 15) is 4.79 Å². The number of carbonyl (C=O) groups excluding carboxylic acids is 1. The van der Waals surface area contributed by atoms with Gasteiger partial charge in [0, 0.05) is 45.5 Å². The highest BCUT2D eigenvalue weighted by atomic mass is 16.2. The summed E-state index contributed by atoms with van der Waals surface area (Å²) in [6.45, 7) is 7.15. The molecule has 0 atom stereocenters. The summed E-state index contributed by atoms with van der Waals surface area (Å²) in [4.78, 5) is 18.1. The summed E-state index contributed by atoms with van der Waals surface area (Å²) in [6, 6.07) is 7.59. The van der Waals surface area contributed by atoms with Crippen molar-refractivity contribution in [2.75, 3.05) is 27.2 Å². The Kier molecular flexibility index (Phi) is 7.85. The van der Waals surface area contributed by atoms with E-state index >= 15 is 0 Å². The van der Waals surface area contributed by atoms with Gasteiger partial charge >= 0.3 is 0 Å². The molecule has 0 aliphatic rings. The van der Waals surface area contributed by atoms with E-state index in [0.717, 1.165) is 37.6 Å². The molecule has 1 amide bonds. The molecule has 0 fully saturated rings. The Morgan fingerprint density at radius 3 is 2.56 bits per heavy atom. The predicted molar refractivity (Wildman–Crippen MR) is 109 cm³/mol. The Labute approximate surface area is 161 Å². The van der Waals surface area contributed by atoms with Crippen LogP contribution < -0.4 is 10.6 Å². The molecule has 7 nitrogen and oxygen atoms in total. The van der Waals surface area contributed by atoms with Crippen molar-refractivity contribution in [2.24, 2.45) is 4.99 Å². The normalized spacial score (nSPS) is 11.3. The summed E-state index contributed by atoms with van der Waals surface area (Å²) in [5.74, 6) is 0.801. The number of nitrogens with one attached hydrogen (secondary N) is 2. The van der Waals surface area contributed by atoms with E-state index < -0.39 is 0 Å². The lowest BCUT2D eigenvalue weighted by Gasteiger charge is -2.12. The minimum absolute atomic E-state index is 0.00688. The molecule has 7 heteroatoms. The Morgan fingerprint density at radius 2 is 1.96 bits per heavy atom. The SMILES string of the molecule is CCNC(=NCc1ccc(C(=O)N(C)C)cc1)NCCCn1cc(C)cn1. The van der Waals surface area contributed by atoms with Gasteiger partial charge in [-0.2, -0.15) is 5.10 Å². The second kappa shape index (κ2) is 10.4. The molecule has 2 N–H and O–H groups in total. The fraction of sp³-hybridized carbons (Fsp3) is 0.450. The average molecular weight is 371 g/mol. The van der Waals surface area contributed by atoms with Gasteiger partial charge in [0.05, 0.1) is 12.7 Å². The van der Waals surface area contributed by atoms with Gasteiger partial charge in [0.2, 0.25) is 0 Å². The van der Waals surface area contributed by atoms with Crippen molar-refractivity contribution in [3.05, 3.63) is 53.3 Å². The number of amides is 1. The van der Waals surface area contributed by atoms with Gasteiger partial charge in [-0.15, -0.1) is 0 Å². The minimum atomic E-state index is 0.00688. The third kappa shape index (κ3) is 6.77. The first-order valence-electron chi connectivity index (χ1n) is 9.31. The molecular formula is C20H30N6O. The molecule has 1 aromatic heterocycles. The van der Waals surface area contributed by atoms with Gasteiger partial charge in [-0.3, -0.25) is 9.48 Å². The molecule has 146 valence electrons. The number of carbonyl (C=O) groups is 1. The lowest BCUT2D eigenvalue weighted by molar-refractivity contribution is 0.0827. The molecule has 0 aliphatic heterocycles. The molecule has 0 aliphatic carbocycles. The van der Waals surface area contributed by atoms with Gasteiger partial charge in [0.15, 0.2) is 5.96 Å². The number of aromatic nitrogens is 2. The second-order valence-electron chi connectivity index (χ2n) is 6.65. The number of benzene rings is 1. The highest BCUT2D eigenvalue weighted by molar-refractivity contribution is 5.93. The topological polar surface area (TPSA) is 74.6 Å². The summed E-state index contributed by atoms with van der Waals surface area (Å²) in [7, 11) is 3.50. The van der Waals surface area contributed by atoms with Crippen LogP contribution in [0, 0.1) is 6.92 Å². The maximum atomic E-state index is 11.9. The molecule has 0 unspecified atom stereocenters. The minimum Gasteiger partial charge on any atom is -0.357 e. The van der Waals surface area contributed by atoms with E-state index in [1.165, 1.54) is 5.56 Å². The van der Waals surface area contributed by atoms with Crippen molar-refractivity contribution in [3.8, 4) is 0 Å². The predicted octanol–water partition coefficient (Wildman–Crippen LogP) is 2.04. The quantitative estimate of drug-likeness (QED) is 0.424. The molecule has 2 aromatic rings. The van der Waals surface area contributed by atoms with Crippen molar-refractivity contribution in [3.63, 3.8) is 0 Å². The number of hydrogen-bond donors (Lipinski definition) is 2. The lowest BCUT2D eigenvalue weighted by atomic mass is 10.1. The van der Waals surface area contributed by atoms with Crippen LogP contribution in [0.1, 0.15) is 34.8 Å². The van der Waals surface area contributed by atoms with Crippen LogP contribution >= 0.6 is 0 Å². The van der Waals surface area contributed by atoms with E-state index in [0.29, 0.717) is 12.1 Å². The van der Waals surface area contributed by atoms with Crippen LogP contribution in [0.4, 0.5) is 0 Å². The largest absolute Gasteiger partial charge is 0.357 e. The van der Waals surface area contributed by atoms with Crippen molar-refractivity contribution in [1.29, 1.82) is 0 Å². The fourth-order valence-corrected chi connectivity index (χ4v) is 2.56. The highest BCUT2D eigenvalue weighted by Gasteiger charge is 2.07. The molecule has 1 heterocycles. The van der Waals surface area contributed by atoms with Gasteiger partial charge in [-0.05, 0) is 43.5 Å². The Hall–Kier alpha value is -2.83. The molecular weight excluding hydrogens is 340 g/mol. The number of nitrogens with zero attached hydrogens (tertiary/aromatic N) is 4. The Morgan fingerprint density at radius 1 is 1.22 bits per heavy atom. The van der Waals surface area contributed by atoms with Crippen LogP contribution in [-0.2, 0) is 13.1 Å². The van der Waals surface area contributed by atoms with Crippen LogP contribution in [0.2, 0.25) is 0 Å². The highest BCUT2D eigenvalue weighted by Crippen LogP contribution is 2.07. The van der Waals surface area contributed by atoms with Crippen molar-refractivity contribution in [1.82, 2.24) is 25.3 Å². The first-order valence-corrected chi connectivity index (χ1v) is 9.31. The molecule has 0 spiro atoms. The van der Waals surface area contributed by atoms with Gasteiger partial charge < -0.3 is 15.5 Å². The first-order chi connectivity index (χ1) is 13.0. The Balaban J connectivity index is 1.84. The van der Waals surface area contributed by atoms with Crippen molar-refractivity contribution in [2.45, 2.75) is 33.4 Å². The van der Waals surface area contributed by atoms with Crippen molar-refractivity contribution < 1.29 is 4.79 Å². The third-order valence-electron chi connectivity index (χ3n) is 3.99. The zero-order chi connectivity index (χ0) is 19.6. The lowest BCUT2D eigenvalue weighted by Crippen LogP contribution is -2.38. The van der Waals surface area contributed by atoms with Crippen LogP contribution in [0.25, 0.3) is 0 Å². The average Bonchev–Trinajstić information content (AvgIpc) is 3.08. The van der Waals surface area contributed by atoms with Gasteiger partial charge in [0.1, 0.15) is 0 Å². The number of aliphatic imine (C=N–C) groups is 1. The standard InChI is InChI=1S/C20H30N6O/c1-5-21-20(22-11-6-12-26-15-16(2)13-24-26)23-14-17-7-9-18(10-8-17)19(27)25(3)4/h7-10,13,15H,5-6,11-12,14H2,1-4H3,(H2,21,22,23). The monoisotopic (exact) mass is 370 g/mol. The molecule has 0 radical (unpaired) electrons. The van der Waals surface area contributed by atoms with Crippen LogP contribution in [0.15, 0.2) is 41.7 Å². The maximum Gasteiger partial charge on any atom is 0.253 e. The Bertz CT molecular complexity index is 748. The molecule has 1 aromatic carbocycles. The summed E-state index contributed by atoms with van der Waals surface area (Å²) in [6.07, 6.45) is 4.88. The fourth-order valence-electron chi connectivity index (χ4n) is 2.56. The van der Waals surface area contributed by atoms with E-state index in [2.05, 4.69) is 20.7 Å². The second-order valence-corrected chi connectivity index (χ2v) is 6.65. The summed E-state index contributed by atoms with van der Waals surface area (Å²) >= 11 is 0. The van der Waals surface area contributed by atoms with Crippen LogP contribution in [0.5, 0.6) is 0 Å². The van der Waals surface area contributed by atoms with E-state index in [1.54, 1.807) is 19.0 Å². The maximum absolute atomic E-state index is 11.9. The zero-order valence-corrected chi connectivity index (χ0v) is 16.7. The van der Waals surface area contributed by atoms with Crippen LogP contribution in [0.3, 0.4) is 0 Å². The molecule has 2 rings (SSSR count). The van der Waals surface area contributed by atoms with Gasteiger partial charge in [-0.1, -0.05) is 12.1 Å². The number of aryl methyl sites for hydroxylation is 2. The molecule has 0 saturated heterocycles. The summed E-state index contributed by atoms with van der Waals surface area (Å²) < 4.78 is 1.96. The number of guanidine groups is 1. The van der Waals surface area contributed by atoms with E-state index in [1.807, 2.05) is 55.2 Å². The third-order valence-corrected chi connectivity index (χ3v) is 3.99.